The number of rotatable bonds is 3. The van der Waals surface area contributed by atoms with E-state index >= 15 is 0 Å². The Morgan fingerprint density at radius 2 is 2.00 bits per heavy atom. The highest BCUT2D eigenvalue weighted by atomic mass is 35.5. The zero-order valence-corrected chi connectivity index (χ0v) is 9.80. The molecule has 1 aromatic carbocycles. The molecule has 0 saturated carbocycles. The molecule has 2 aromatic rings. The number of hydrogen-bond donors (Lipinski definition) is 3. The first-order chi connectivity index (χ1) is 8.11. The molecule has 0 fully saturated rings. The molecule has 2 rings (SSSR count). The number of halogens is 1. The lowest BCUT2D eigenvalue weighted by Crippen LogP contribution is -2.27. The molecule has 4 N–H and O–H groups in total. The Hall–Kier alpha value is -1.20. The van der Waals surface area contributed by atoms with Crippen LogP contribution in [0.2, 0.25) is 5.15 Å². The van der Waals surface area contributed by atoms with Crippen molar-refractivity contribution in [3.8, 4) is 0 Å². The van der Waals surface area contributed by atoms with Gasteiger partial charge in [0.05, 0.1) is 11.6 Å². The summed E-state index contributed by atoms with van der Waals surface area (Å²) in [6, 6.07) is 8.72. The highest BCUT2D eigenvalue weighted by Gasteiger charge is 2.16. The summed E-state index contributed by atoms with van der Waals surface area (Å²) in [5.41, 5.74) is 6.66. The van der Waals surface area contributed by atoms with Gasteiger partial charge < -0.3 is 15.9 Å². The van der Waals surface area contributed by atoms with Crippen molar-refractivity contribution in [3.05, 3.63) is 41.0 Å². The molecule has 17 heavy (non-hydrogen) atoms. The topological polar surface area (TPSA) is 79.4 Å². The van der Waals surface area contributed by atoms with Gasteiger partial charge in [-0.15, -0.1) is 0 Å². The van der Waals surface area contributed by atoms with E-state index in [1.165, 1.54) is 0 Å². The molecule has 0 aliphatic heterocycles. The predicted molar refractivity (Wildman–Crippen MR) is 66.8 cm³/mol. The van der Waals surface area contributed by atoms with E-state index in [2.05, 4.69) is 4.98 Å². The minimum atomic E-state index is -0.986. The van der Waals surface area contributed by atoms with Crippen LogP contribution in [0, 0.1) is 0 Å². The van der Waals surface area contributed by atoms with Crippen molar-refractivity contribution >= 4 is 22.5 Å². The maximum Gasteiger partial charge on any atom is 0.129 e. The van der Waals surface area contributed by atoms with Gasteiger partial charge in [0, 0.05) is 11.9 Å². The van der Waals surface area contributed by atoms with E-state index in [9.17, 15) is 10.2 Å². The number of benzene rings is 1. The monoisotopic (exact) mass is 252 g/mol. The molecule has 5 heteroatoms. The van der Waals surface area contributed by atoms with Crippen molar-refractivity contribution < 1.29 is 10.2 Å². The Balaban J connectivity index is 2.41. The highest BCUT2D eigenvalue weighted by molar-refractivity contribution is 6.29. The average Bonchev–Trinajstić information content (AvgIpc) is 2.36. The smallest absolute Gasteiger partial charge is 0.129 e. The zero-order chi connectivity index (χ0) is 12.4. The Labute approximate surface area is 104 Å². The summed E-state index contributed by atoms with van der Waals surface area (Å²) in [6.45, 7) is 0.0120. The largest absolute Gasteiger partial charge is 0.389 e. The molecular formula is C12H13ClN2O2. The number of hydrogen-bond acceptors (Lipinski definition) is 4. The summed E-state index contributed by atoms with van der Waals surface area (Å²) in [5, 5.41) is 20.6. The first kappa shape index (κ1) is 12.3. The van der Waals surface area contributed by atoms with Gasteiger partial charge >= 0.3 is 0 Å². The fraction of sp³-hybridized carbons (Fsp3) is 0.250. The first-order valence-electron chi connectivity index (χ1n) is 5.24. The van der Waals surface area contributed by atoms with Gasteiger partial charge in [0.15, 0.2) is 0 Å². The Morgan fingerprint density at radius 1 is 1.24 bits per heavy atom. The van der Waals surface area contributed by atoms with E-state index in [4.69, 9.17) is 17.3 Å². The lowest BCUT2D eigenvalue weighted by Gasteiger charge is -2.16. The van der Waals surface area contributed by atoms with Crippen LogP contribution < -0.4 is 5.73 Å². The molecule has 2 atom stereocenters. The van der Waals surface area contributed by atoms with Crippen LogP contribution >= 0.6 is 11.6 Å². The van der Waals surface area contributed by atoms with Gasteiger partial charge in [0.25, 0.3) is 0 Å². The third kappa shape index (κ3) is 2.56. The minimum absolute atomic E-state index is 0.0120. The SMILES string of the molecule is NCC(O)C(O)c1ccc2nc(Cl)ccc2c1. The molecule has 1 heterocycles. The normalized spacial score (nSPS) is 14.8. The third-order valence-electron chi connectivity index (χ3n) is 2.63. The van der Waals surface area contributed by atoms with E-state index in [0.29, 0.717) is 10.7 Å². The summed E-state index contributed by atoms with van der Waals surface area (Å²) >= 11 is 5.78. The number of pyridine rings is 1. The van der Waals surface area contributed by atoms with Gasteiger partial charge in [-0.05, 0) is 29.8 Å². The molecule has 2 unspecified atom stereocenters. The number of aliphatic hydroxyl groups is 2. The molecule has 0 spiro atoms. The quantitative estimate of drug-likeness (QED) is 0.718. The van der Waals surface area contributed by atoms with Crippen LogP contribution in [-0.2, 0) is 0 Å². The number of nitrogens with zero attached hydrogens (tertiary/aromatic N) is 1. The van der Waals surface area contributed by atoms with Crippen molar-refractivity contribution in [2.24, 2.45) is 5.73 Å². The number of nitrogens with two attached hydrogens (primary N) is 1. The zero-order valence-electron chi connectivity index (χ0n) is 9.05. The molecule has 1 aromatic heterocycles. The Kier molecular flexibility index (Phi) is 3.59. The van der Waals surface area contributed by atoms with Crippen LogP contribution in [0.25, 0.3) is 10.9 Å². The van der Waals surface area contributed by atoms with Gasteiger partial charge in [-0.3, -0.25) is 0 Å². The second kappa shape index (κ2) is 4.98. The van der Waals surface area contributed by atoms with Crippen molar-refractivity contribution in [3.63, 3.8) is 0 Å². The summed E-state index contributed by atoms with van der Waals surface area (Å²) in [5.74, 6) is 0. The van der Waals surface area contributed by atoms with Crippen molar-refractivity contribution in [2.75, 3.05) is 6.54 Å². The van der Waals surface area contributed by atoms with Crippen molar-refractivity contribution in [1.29, 1.82) is 0 Å². The van der Waals surface area contributed by atoms with E-state index in [-0.39, 0.29) is 6.54 Å². The predicted octanol–water partition coefficient (Wildman–Crippen LogP) is 1.24. The van der Waals surface area contributed by atoms with Crippen LogP contribution in [-0.4, -0.2) is 27.8 Å². The number of fused-ring (bicyclic) bond motifs is 1. The fourth-order valence-electron chi connectivity index (χ4n) is 1.65. The molecule has 0 amide bonds. The van der Waals surface area contributed by atoms with Crippen LogP contribution in [0.4, 0.5) is 0 Å². The van der Waals surface area contributed by atoms with Crippen LogP contribution in [0.5, 0.6) is 0 Å². The second-order valence-corrected chi connectivity index (χ2v) is 4.22. The van der Waals surface area contributed by atoms with Gasteiger partial charge in [-0.25, -0.2) is 4.98 Å². The maximum atomic E-state index is 9.83. The Morgan fingerprint density at radius 3 is 2.71 bits per heavy atom. The van der Waals surface area contributed by atoms with E-state index in [1.807, 2.05) is 6.07 Å². The summed E-state index contributed by atoms with van der Waals surface area (Å²) < 4.78 is 0. The summed E-state index contributed by atoms with van der Waals surface area (Å²) in [6.07, 6.45) is -1.95. The molecule has 4 nitrogen and oxygen atoms in total. The van der Waals surface area contributed by atoms with E-state index in [1.54, 1.807) is 24.3 Å². The highest BCUT2D eigenvalue weighted by Crippen LogP contribution is 2.22. The molecule has 90 valence electrons. The molecule has 0 bridgehead atoms. The van der Waals surface area contributed by atoms with Gasteiger partial charge in [0.2, 0.25) is 0 Å². The Bertz CT molecular complexity index is 533. The van der Waals surface area contributed by atoms with Gasteiger partial charge in [-0.2, -0.15) is 0 Å². The van der Waals surface area contributed by atoms with E-state index < -0.39 is 12.2 Å². The molecular weight excluding hydrogens is 240 g/mol. The van der Waals surface area contributed by atoms with Crippen LogP contribution in [0.3, 0.4) is 0 Å². The van der Waals surface area contributed by atoms with E-state index in [0.717, 1.165) is 10.9 Å². The van der Waals surface area contributed by atoms with Crippen LogP contribution in [0.15, 0.2) is 30.3 Å². The molecule has 0 saturated heterocycles. The van der Waals surface area contributed by atoms with Crippen molar-refractivity contribution in [2.45, 2.75) is 12.2 Å². The van der Waals surface area contributed by atoms with Crippen molar-refractivity contribution in [1.82, 2.24) is 4.98 Å². The second-order valence-electron chi connectivity index (χ2n) is 3.83. The third-order valence-corrected chi connectivity index (χ3v) is 2.84. The summed E-state index contributed by atoms with van der Waals surface area (Å²) in [7, 11) is 0. The standard InChI is InChI=1S/C12H13ClN2O2/c13-11-4-2-7-5-8(1-3-9(7)15-11)12(17)10(16)6-14/h1-5,10,12,16-17H,6,14H2. The van der Waals surface area contributed by atoms with Gasteiger partial charge in [-0.1, -0.05) is 17.7 Å². The van der Waals surface area contributed by atoms with Gasteiger partial charge in [0.1, 0.15) is 11.3 Å². The van der Waals surface area contributed by atoms with Crippen LogP contribution in [0.1, 0.15) is 11.7 Å². The number of aliphatic hydroxyl groups excluding tert-OH is 2. The first-order valence-corrected chi connectivity index (χ1v) is 5.62. The molecule has 0 aliphatic carbocycles. The number of aromatic nitrogens is 1. The lowest BCUT2D eigenvalue weighted by molar-refractivity contribution is 0.0244. The lowest BCUT2D eigenvalue weighted by atomic mass is 10.0. The molecule has 0 aliphatic rings. The minimum Gasteiger partial charge on any atom is -0.389 e. The average molecular weight is 253 g/mol. The molecule has 0 radical (unpaired) electrons. The summed E-state index contributed by atoms with van der Waals surface area (Å²) in [4.78, 5) is 4.14. The maximum absolute atomic E-state index is 9.83. The fourth-order valence-corrected chi connectivity index (χ4v) is 1.81.